The molecule has 2 fully saturated rings. The summed E-state index contributed by atoms with van der Waals surface area (Å²) in [7, 11) is 0. The van der Waals surface area contributed by atoms with Gasteiger partial charge in [0.25, 0.3) is 0 Å². The largest absolute Gasteiger partial charge is 0.446 e. The van der Waals surface area contributed by atoms with Crippen molar-refractivity contribution in [1.29, 1.82) is 0 Å². The molecule has 1 amide bonds. The number of amides is 1. The normalized spacial score (nSPS) is 26.0. The topological polar surface area (TPSA) is 29.5 Å². The summed E-state index contributed by atoms with van der Waals surface area (Å²) >= 11 is 0. The lowest BCUT2D eigenvalue weighted by atomic mass is 9.85. The van der Waals surface area contributed by atoms with Gasteiger partial charge in [0.2, 0.25) is 0 Å². The van der Waals surface area contributed by atoms with Crippen LogP contribution in [-0.4, -0.2) is 30.2 Å². The van der Waals surface area contributed by atoms with Crippen molar-refractivity contribution in [2.24, 2.45) is 5.41 Å². The van der Waals surface area contributed by atoms with Crippen LogP contribution in [0.4, 0.5) is 4.79 Å². The average molecular weight is 197 g/mol. The maximum absolute atomic E-state index is 11.6. The highest BCUT2D eigenvalue weighted by atomic mass is 16.6. The van der Waals surface area contributed by atoms with Crippen LogP contribution in [0.15, 0.2) is 0 Å². The standard InChI is InChI=1S/C11H19NO2/c1-11(2)7-12(8-11)10(13)14-9-5-3-4-6-9/h9H,3-8H2,1-2H3. The average Bonchev–Trinajstić information content (AvgIpc) is 2.52. The highest BCUT2D eigenvalue weighted by molar-refractivity contribution is 5.69. The van der Waals surface area contributed by atoms with Crippen molar-refractivity contribution in [1.82, 2.24) is 4.90 Å². The van der Waals surface area contributed by atoms with Gasteiger partial charge in [-0.05, 0) is 25.7 Å². The van der Waals surface area contributed by atoms with Crippen LogP contribution in [0.2, 0.25) is 0 Å². The lowest BCUT2D eigenvalue weighted by Crippen LogP contribution is -2.55. The first-order chi connectivity index (χ1) is 6.57. The summed E-state index contributed by atoms with van der Waals surface area (Å²) in [5, 5.41) is 0. The van der Waals surface area contributed by atoms with Gasteiger partial charge in [0, 0.05) is 18.5 Å². The predicted octanol–water partition coefficient (Wildman–Crippen LogP) is 2.41. The van der Waals surface area contributed by atoms with Gasteiger partial charge in [-0.25, -0.2) is 4.79 Å². The lowest BCUT2D eigenvalue weighted by Gasteiger charge is -2.45. The van der Waals surface area contributed by atoms with Crippen LogP contribution >= 0.6 is 0 Å². The molecule has 0 N–H and O–H groups in total. The number of hydrogen-bond donors (Lipinski definition) is 0. The molecule has 0 bridgehead atoms. The molecule has 0 radical (unpaired) electrons. The summed E-state index contributed by atoms with van der Waals surface area (Å²) in [6, 6.07) is 0. The number of nitrogens with zero attached hydrogens (tertiary/aromatic N) is 1. The molecule has 0 aromatic heterocycles. The van der Waals surface area contributed by atoms with Gasteiger partial charge in [-0.1, -0.05) is 13.8 Å². The molecule has 0 aromatic carbocycles. The van der Waals surface area contributed by atoms with Crippen molar-refractivity contribution in [2.45, 2.75) is 45.6 Å². The Bertz CT molecular complexity index is 223. The molecule has 1 heterocycles. The van der Waals surface area contributed by atoms with Gasteiger partial charge in [-0.15, -0.1) is 0 Å². The molecule has 0 spiro atoms. The molecule has 1 saturated carbocycles. The van der Waals surface area contributed by atoms with Gasteiger partial charge in [0.1, 0.15) is 6.10 Å². The maximum Gasteiger partial charge on any atom is 0.410 e. The van der Waals surface area contributed by atoms with Crippen molar-refractivity contribution in [3.63, 3.8) is 0 Å². The van der Waals surface area contributed by atoms with E-state index in [4.69, 9.17) is 4.74 Å². The third kappa shape index (κ3) is 2.02. The molecular formula is C11H19NO2. The van der Waals surface area contributed by atoms with E-state index in [0.717, 1.165) is 25.9 Å². The number of likely N-dealkylation sites (tertiary alicyclic amines) is 1. The summed E-state index contributed by atoms with van der Waals surface area (Å²) in [5.74, 6) is 0. The van der Waals surface area contributed by atoms with E-state index in [9.17, 15) is 4.79 Å². The molecule has 80 valence electrons. The van der Waals surface area contributed by atoms with Crippen molar-refractivity contribution in [3.8, 4) is 0 Å². The zero-order valence-corrected chi connectivity index (χ0v) is 9.08. The first-order valence-electron chi connectivity index (χ1n) is 5.52. The summed E-state index contributed by atoms with van der Waals surface area (Å²) in [6.45, 7) is 6.04. The monoisotopic (exact) mass is 197 g/mol. The Balaban J connectivity index is 1.74. The van der Waals surface area contributed by atoms with Gasteiger partial charge in [-0.2, -0.15) is 0 Å². The van der Waals surface area contributed by atoms with Gasteiger partial charge >= 0.3 is 6.09 Å². The van der Waals surface area contributed by atoms with Crippen LogP contribution in [0.1, 0.15) is 39.5 Å². The first kappa shape index (κ1) is 9.81. The Morgan fingerprint density at radius 2 is 1.86 bits per heavy atom. The number of carbonyl (C=O) groups is 1. The SMILES string of the molecule is CC1(C)CN(C(=O)OC2CCCC2)C1. The molecule has 1 saturated heterocycles. The molecule has 1 aliphatic carbocycles. The second-order valence-corrected chi connectivity index (χ2v) is 5.31. The number of carbonyl (C=O) groups excluding carboxylic acids is 1. The third-order valence-corrected chi connectivity index (χ3v) is 3.07. The first-order valence-corrected chi connectivity index (χ1v) is 5.52. The van der Waals surface area contributed by atoms with Gasteiger partial charge in [-0.3, -0.25) is 0 Å². The summed E-state index contributed by atoms with van der Waals surface area (Å²) in [4.78, 5) is 13.4. The molecule has 0 atom stereocenters. The van der Waals surface area contributed by atoms with Crippen molar-refractivity contribution < 1.29 is 9.53 Å². The third-order valence-electron chi connectivity index (χ3n) is 3.07. The minimum atomic E-state index is -0.101. The van der Waals surface area contributed by atoms with Gasteiger partial charge < -0.3 is 9.64 Å². The summed E-state index contributed by atoms with van der Waals surface area (Å²) in [6.07, 6.45) is 4.64. The molecule has 2 rings (SSSR count). The molecule has 3 nitrogen and oxygen atoms in total. The summed E-state index contributed by atoms with van der Waals surface area (Å²) in [5.41, 5.74) is 0.300. The number of hydrogen-bond acceptors (Lipinski definition) is 2. The van der Waals surface area contributed by atoms with Crippen molar-refractivity contribution in [2.75, 3.05) is 13.1 Å². The molecular weight excluding hydrogens is 178 g/mol. The van der Waals surface area contributed by atoms with E-state index in [1.165, 1.54) is 12.8 Å². The summed E-state index contributed by atoms with van der Waals surface area (Å²) < 4.78 is 5.40. The quantitative estimate of drug-likeness (QED) is 0.646. The fraction of sp³-hybridized carbons (Fsp3) is 0.909. The van der Waals surface area contributed by atoms with Crippen molar-refractivity contribution >= 4 is 6.09 Å². The Morgan fingerprint density at radius 3 is 2.36 bits per heavy atom. The van der Waals surface area contributed by atoms with Crippen LogP contribution in [-0.2, 0) is 4.74 Å². The highest BCUT2D eigenvalue weighted by Gasteiger charge is 2.38. The Hall–Kier alpha value is -0.730. The van der Waals surface area contributed by atoms with E-state index in [1.54, 1.807) is 4.90 Å². The Morgan fingerprint density at radius 1 is 1.29 bits per heavy atom. The van der Waals surface area contributed by atoms with E-state index in [-0.39, 0.29) is 12.2 Å². The minimum Gasteiger partial charge on any atom is -0.446 e. The van der Waals surface area contributed by atoms with E-state index in [2.05, 4.69) is 13.8 Å². The zero-order valence-electron chi connectivity index (χ0n) is 9.08. The Kier molecular flexibility index (Phi) is 2.41. The van der Waals surface area contributed by atoms with Gasteiger partial charge in [0.15, 0.2) is 0 Å². The van der Waals surface area contributed by atoms with Crippen LogP contribution in [0.5, 0.6) is 0 Å². The smallest absolute Gasteiger partial charge is 0.410 e. The predicted molar refractivity (Wildman–Crippen MR) is 54.1 cm³/mol. The van der Waals surface area contributed by atoms with E-state index < -0.39 is 0 Å². The van der Waals surface area contributed by atoms with Crippen LogP contribution < -0.4 is 0 Å². The lowest BCUT2D eigenvalue weighted by molar-refractivity contribution is 0.000158. The fourth-order valence-electron chi connectivity index (χ4n) is 2.34. The van der Waals surface area contributed by atoms with Crippen LogP contribution in [0, 0.1) is 5.41 Å². The maximum atomic E-state index is 11.6. The molecule has 0 aromatic rings. The zero-order chi connectivity index (χ0) is 10.2. The van der Waals surface area contributed by atoms with Crippen LogP contribution in [0.25, 0.3) is 0 Å². The minimum absolute atomic E-state index is 0.101. The Labute approximate surface area is 85.4 Å². The van der Waals surface area contributed by atoms with E-state index >= 15 is 0 Å². The van der Waals surface area contributed by atoms with Gasteiger partial charge in [0.05, 0.1) is 0 Å². The molecule has 0 unspecified atom stereocenters. The second kappa shape index (κ2) is 3.44. The van der Waals surface area contributed by atoms with E-state index in [0.29, 0.717) is 5.41 Å². The highest BCUT2D eigenvalue weighted by Crippen LogP contribution is 2.30. The molecule has 3 heteroatoms. The molecule has 2 aliphatic rings. The van der Waals surface area contributed by atoms with Crippen LogP contribution in [0.3, 0.4) is 0 Å². The van der Waals surface area contributed by atoms with E-state index in [1.807, 2.05) is 0 Å². The number of rotatable bonds is 1. The molecule has 1 aliphatic heterocycles. The molecule has 14 heavy (non-hydrogen) atoms. The number of ether oxygens (including phenoxy) is 1. The second-order valence-electron chi connectivity index (χ2n) is 5.31. The van der Waals surface area contributed by atoms with Crippen molar-refractivity contribution in [3.05, 3.63) is 0 Å². The fourth-order valence-corrected chi connectivity index (χ4v) is 2.34.